The number of hydrogen-bond acceptors (Lipinski definition) is 8. The van der Waals surface area contributed by atoms with Crippen LogP contribution in [0, 0.1) is 35.1 Å². The Kier molecular flexibility index (Phi) is 7.85. The summed E-state index contributed by atoms with van der Waals surface area (Å²) in [6, 6.07) is 13.7. The van der Waals surface area contributed by atoms with Crippen molar-refractivity contribution in [2.24, 2.45) is 11.8 Å². The van der Waals surface area contributed by atoms with Gasteiger partial charge in [0, 0.05) is 75.9 Å². The third-order valence-corrected chi connectivity index (χ3v) is 15.2. The molecule has 12 rings (SSSR count). The van der Waals surface area contributed by atoms with Crippen LogP contribution in [0.5, 0.6) is 0 Å². The van der Waals surface area contributed by atoms with E-state index in [1.54, 1.807) is 12.2 Å². The van der Waals surface area contributed by atoms with Gasteiger partial charge in [0.05, 0.1) is 11.1 Å². The Labute approximate surface area is 369 Å². The van der Waals surface area contributed by atoms with Crippen molar-refractivity contribution in [2.45, 2.75) is 38.9 Å². The first kappa shape index (κ1) is 38.9. The quantitative estimate of drug-likeness (QED) is 0.0978. The van der Waals surface area contributed by atoms with Crippen LogP contribution >= 0.6 is 22.7 Å². The van der Waals surface area contributed by atoms with Gasteiger partial charge in [0.2, 0.25) is 0 Å². The minimum Gasteiger partial charge on any atom is -0.483 e. The van der Waals surface area contributed by atoms with Crippen LogP contribution in [-0.2, 0) is 20.7 Å². The molecule has 0 saturated heterocycles. The molecule has 0 saturated carbocycles. The number of carbonyl (C=O) groups is 4. The lowest BCUT2D eigenvalue weighted by Crippen LogP contribution is -2.31. The van der Waals surface area contributed by atoms with Crippen molar-refractivity contribution in [1.29, 1.82) is 0 Å². The number of hydrogen-bond donors (Lipinski definition) is 0. The fraction of sp³-hybridized carbons (Fsp3) is 0.154. The molecule has 12 heteroatoms. The lowest BCUT2D eigenvalue weighted by atomic mass is 9.76. The second-order valence-corrected chi connectivity index (χ2v) is 20.0. The molecule has 6 aliphatic rings. The number of fused-ring (bicyclic) bond motifs is 11. The molecule has 0 spiro atoms. The Hall–Kier alpha value is -6.76. The van der Waals surface area contributed by atoms with E-state index in [0.717, 1.165) is 56.3 Å². The molecule has 0 amide bonds. The average Bonchev–Trinajstić information content (AvgIpc) is 3.98. The summed E-state index contributed by atoms with van der Waals surface area (Å²) in [6.45, 7) is 7.86. The van der Waals surface area contributed by atoms with Gasteiger partial charge in [-0.3, -0.25) is 19.2 Å². The van der Waals surface area contributed by atoms with E-state index in [9.17, 15) is 36.7 Å². The van der Waals surface area contributed by atoms with E-state index in [0.29, 0.717) is 42.8 Å². The maximum atomic E-state index is 14.0. The van der Waals surface area contributed by atoms with Crippen molar-refractivity contribution in [1.82, 2.24) is 0 Å². The van der Waals surface area contributed by atoms with Gasteiger partial charge in [-0.05, 0) is 134 Å². The second-order valence-electron chi connectivity index (χ2n) is 17.8. The zero-order valence-electron chi connectivity index (χ0n) is 34.2. The van der Waals surface area contributed by atoms with Gasteiger partial charge < -0.3 is 9.47 Å². The zero-order chi connectivity index (χ0) is 44.5. The van der Waals surface area contributed by atoms with E-state index in [1.807, 2.05) is 39.8 Å². The Morgan fingerprint density at radius 1 is 0.469 bits per heavy atom. The van der Waals surface area contributed by atoms with Crippen LogP contribution in [0.15, 0.2) is 108 Å². The van der Waals surface area contributed by atoms with E-state index < -0.39 is 57.6 Å². The highest BCUT2D eigenvalue weighted by Gasteiger charge is 2.44. The van der Waals surface area contributed by atoms with E-state index in [-0.39, 0.29) is 45.2 Å². The fourth-order valence-corrected chi connectivity index (χ4v) is 12.3. The summed E-state index contributed by atoms with van der Waals surface area (Å²) in [5, 5.41) is 1.30. The van der Waals surface area contributed by atoms with Gasteiger partial charge in [-0.2, -0.15) is 0 Å². The van der Waals surface area contributed by atoms with E-state index in [4.69, 9.17) is 9.47 Å². The van der Waals surface area contributed by atoms with Crippen LogP contribution in [0.4, 0.5) is 17.6 Å². The molecule has 6 nitrogen and oxygen atoms in total. The number of ketones is 4. The minimum atomic E-state index is -1.04. The standard InChI is InChI=1S/C52H30F4O6S2/c1-51(2)37-19-27(17-35-45(57)29-5-21-11-39(53)40(54)12-22(21)6-30(29)46(35)58)63-49(37)33-9-26-16-44-34(10-25(26)15-43(33)61-51)50-38(52(3,4)62-44)20-28(64-50)18-36-47(59)31-7-23-13-41(55)42(56)14-24(23)8-32(31)48(36)60/h5-20,25-26H,1-4H3. The highest BCUT2D eigenvalue weighted by Crippen LogP contribution is 2.55. The molecule has 4 heterocycles. The molecule has 4 aliphatic carbocycles. The molecule has 0 fully saturated rings. The SMILES string of the molecule is CC1(C)OC2=CC3C=C4C(=CC3C=C2c2sc(C=C3C(=O)c5cc6cc(F)c(F)cc6cc5C3=O)cc21)OC(C)(C)c1cc(C=C2C(=O)c3cc5cc(F)c(F)cc5cc3C2=O)sc14. The molecule has 2 aliphatic heterocycles. The number of rotatable bonds is 2. The summed E-state index contributed by atoms with van der Waals surface area (Å²) in [4.78, 5) is 57.8. The summed E-state index contributed by atoms with van der Waals surface area (Å²) >= 11 is 2.90. The summed E-state index contributed by atoms with van der Waals surface area (Å²) in [6.07, 6.45) is 11.7. The summed E-state index contributed by atoms with van der Waals surface area (Å²) in [5.41, 5.74) is 2.60. The van der Waals surface area contributed by atoms with Crippen LogP contribution in [-0.4, -0.2) is 23.1 Å². The maximum absolute atomic E-state index is 14.0. The predicted molar refractivity (Wildman–Crippen MR) is 237 cm³/mol. The third kappa shape index (κ3) is 5.54. The first-order valence-electron chi connectivity index (χ1n) is 20.5. The second kappa shape index (κ2) is 12.9. The number of carbonyl (C=O) groups excluding carboxylic acids is 4. The highest BCUT2D eigenvalue weighted by molar-refractivity contribution is 7.14. The van der Waals surface area contributed by atoms with E-state index in [2.05, 4.69) is 24.3 Å². The number of thiophene rings is 2. The molecule has 2 aromatic heterocycles. The van der Waals surface area contributed by atoms with Crippen molar-refractivity contribution in [2.75, 3.05) is 0 Å². The van der Waals surface area contributed by atoms with E-state index in [1.165, 1.54) is 46.9 Å². The molecule has 2 atom stereocenters. The van der Waals surface area contributed by atoms with Gasteiger partial charge in [0.25, 0.3) is 0 Å². The Balaban J connectivity index is 0.869. The molecule has 0 bridgehead atoms. The molecule has 0 N–H and O–H groups in total. The highest BCUT2D eigenvalue weighted by atomic mass is 32.1. The van der Waals surface area contributed by atoms with Gasteiger partial charge in [-0.25, -0.2) is 17.6 Å². The largest absolute Gasteiger partial charge is 0.483 e. The first-order valence-corrected chi connectivity index (χ1v) is 22.1. The topological polar surface area (TPSA) is 86.7 Å². The number of halogens is 4. The molecule has 6 aromatic rings. The van der Waals surface area contributed by atoms with Crippen molar-refractivity contribution >= 4 is 90.6 Å². The summed E-state index contributed by atoms with van der Waals surface area (Å²) < 4.78 is 69.5. The molecular formula is C52H30F4O6S2. The molecular weight excluding hydrogens is 861 g/mol. The Bertz CT molecular complexity index is 3170. The third-order valence-electron chi connectivity index (χ3n) is 13.0. The normalized spacial score (nSPS) is 20.8. The van der Waals surface area contributed by atoms with E-state index >= 15 is 0 Å². The summed E-state index contributed by atoms with van der Waals surface area (Å²) in [7, 11) is 0. The molecule has 4 aromatic carbocycles. The Morgan fingerprint density at radius 2 is 0.781 bits per heavy atom. The predicted octanol–water partition coefficient (Wildman–Crippen LogP) is 12.6. The lowest BCUT2D eigenvalue weighted by molar-refractivity contribution is 0.0318. The lowest BCUT2D eigenvalue weighted by Gasteiger charge is -2.40. The fourth-order valence-electron chi connectivity index (χ4n) is 9.76. The van der Waals surface area contributed by atoms with Gasteiger partial charge >= 0.3 is 0 Å². The monoisotopic (exact) mass is 890 g/mol. The van der Waals surface area contributed by atoms with Crippen LogP contribution < -0.4 is 0 Å². The number of ether oxygens (including phenoxy) is 2. The Morgan fingerprint density at radius 3 is 1.09 bits per heavy atom. The molecule has 64 heavy (non-hydrogen) atoms. The molecule has 2 unspecified atom stereocenters. The van der Waals surface area contributed by atoms with Gasteiger partial charge in [0.1, 0.15) is 22.7 Å². The van der Waals surface area contributed by atoms with Gasteiger partial charge in [0.15, 0.2) is 46.4 Å². The van der Waals surface area contributed by atoms with Crippen LogP contribution in [0.1, 0.15) is 99.8 Å². The van der Waals surface area contributed by atoms with Crippen LogP contribution in [0.25, 0.3) is 44.8 Å². The van der Waals surface area contributed by atoms with Gasteiger partial charge in [-0.15, -0.1) is 22.7 Å². The number of benzene rings is 4. The van der Waals surface area contributed by atoms with Crippen molar-refractivity contribution in [3.63, 3.8) is 0 Å². The molecule has 0 radical (unpaired) electrons. The number of allylic oxidation sites excluding steroid dienone is 8. The van der Waals surface area contributed by atoms with Crippen molar-refractivity contribution in [3.05, 3.63) is 184 Å². The van der Waals surface area contributed by atoms with Crippen molar-refractivity contribution in [3.8, 4) is 0 Å². The van der Waals surface area contributed by atoms with Crippen LogP contribution in [0.3, 0.4) is 0 Å². The summed E-state index contributed by atoms with van der Waals surface area (Å²) in [5.74, 6) is -4.88. The average molecular weight is 891 g/mol. The van der Waals surface area contributed by atoms with Gasteiger partial charge in [-0.1, -0.05) is 12.2 Å². The molecule has 314 valence electrons. The first-order chi connectivity index (χ1) is 30.4. The zero-order valence-corrected chi connectivity index (χ0v) is 35.8. The number of Topliss-reactive ketones (excluding diaryl/α,β-unsaturated/α-hetero) is 4. The van der Waals surface area contributed by atoms with Crippen LogP contribution in [0.2, 0.25) is 0 Å². The minimum absolute atomic E-state index is 0.0214. The smallest absolute Gasteiger partial charge is 0.197 e. The maximum Gasteiger partial charge on any atom is 0.197 e. The van der Waals surface area contributed by atoms with Crippen molar-refractivity contribution < 1.29 is 46.2 Å².